The van der Waals surface area contributed by atoms with Gasteiger partial charge in [-0.15, -0.1) is 6.92 Å². The van der Waals surface area contributed by atoms with Crippen LogP contribution in [0.5, 0.6) is 0 Å². The van der Waals surface area contributed by atoms with Crippen LogP contribution in [0, 0.1) is 41.2 Å². The van der Waals surface area contributed by atoms with Gasteiger partial charge in [0.25, 0.3) is 0 Å². The van der Waals surface area contributed by atoms with Gasteiger partial charge in [0.2, 0.25) is 0 Å². The maximum atomic E-state index is 3.97. The summed E-state index contributed by atoms with van der Waals surface area (Å²) in [5.41, 5.74) is 5.82. The second-order valence-electron chi connectivity index (χ2n) is 10.4. The van der Waals surface area contributed by atoms with Crippen LogP contribution in [0.4, 0.5) is 0 Å². The van der Waals surface area contributed by atoms with E-state index in [2.05, 4.69) is 98.9 Å². The van der Waals surface area contributed by atoms with E-state index >= 15 is 0 Å². The Morgan fingerprint density at radius 2 is 1.33 bits per heavy atom. The van der Waals surface area contributed by atoms with Gasteiger partial charge in [0, 0.05) is 0 Å². The summed E-state index contributed by atoms with van der Waals surface area (Å²) in [6, 6.07) is 8.84. The molecule has 0 radical (unpaired) electrons. The third-order valence-electron chi connectivity index (χ3n) is 6.81. The molecule has 0 aromatic heterocycles. The van der Waals surface area contributed by atoms with E-state index in [-0.39, 0.29) is 49.0 Å². The second-order valence-corrected chi connectivity index (χ2v) is 20.1. The van der Waals surface area contributed by atoms with Gasteiger partial charge in [-0.2, -0.15) is 11.1 Å². The topological polar surface area (TPSA) is 0 Å². The molecule has 0 nitrogen and oxygen atoms in total. The SMILES string of the molecule is CC1=[C-]C(C)([Si](C)(CC(C)C)c2cc(C)cc([Si](C)(C)C)c2)C(C)=C1C.[CH3-].[CH3-].[CH3-].[Ti+4]. The molecule has 168 valence electrons. The normalized spacial score (nSPS) is 20.3. The van der Waals surface area contributed by atoms with Crippen LogP contribution in [0.1, 0.15) is 47.1 Å². The van der Waals surface area contributed by atoms with Crippen molar-refractivity contribution in [3.8, 4) is 0 Å². The summed E-state index contributed by atoms with van der Waals surface area (Å²) in [4.78, 5) is 0. The zero-order chi connectivity index (χ0) is 20.1. The average molecular weight is 477 g/mol. The van der Waals surface area contributed by atoms with E-state index in [0.717, 1.165) is 0 Å². The van der Waals surface area contributed by atoms with E-state index in [1.54, 1.807) is 15.9 Å². The molecule has 2 rings (SSSR count). The monoisotopic (exact) mass is 476 g/mol. The molecule has 0 amide bonds. The van der Waals surface area contributed by atoms with Crippen LogP contribution >= 0.6 is 0 Å². The molecule has 0 bridgehead atoms. The largest absolute Gasteiger partial charge is 4.00 e. The summed E-state index contributed by atoms with van der Waals surface area (Å²) in [6.07, 6.45) is 3.97. The van der Waals surface area contributed by atoms with E-state index in [1.807, 2.05) is 0 Å². The smallest absolute Gasteiger partial charge is 0.358 e. The Morgan fingerprint density at radius 3 is 1.70 bits per heavy atom. The van der Waals surface area contributed by atoms with E-state index < -0.39 is 16.1 Å². The van der Waals surface area contributed by atoms with Crippen molar-refractivity contribution in [2.24, 2.45) is 5.92 Å². The molecule has 30 heavy (non-hydrogen) atoms. The fourth-order valence-electron chi connectivity index (χ4n) is 4.73. The van der Waals surface area contributed by atoms with E-state index in [0.29, 0.717) is 5.92 Å². The number of rotatable bonds is 5. The average Bonchev–Trinajstić information content (AvgIpc) is 2.69. The third-order valence-corrected chi connectivity index (χ3v) is 14.7. The first-order valence-electron chi connectivity index (χ1n) is 10.1. The van der Waals surface area contributed by atoms with Crippen LogP contribution in [0.2, 0.25) is 37.3 Å². The molecule has 0 N–H and O–H groups in total. The van der Waals surface area contributed by atoms with Gasteiger partial charge in [-0.1, -0.05) is 106 Å². The van der Waals surface area contributed by atoms with Gasteiger partial charge < -0.3 is 22.3 Å². The molecule has 0 fully saturated rings. The van der Waals surface area contributed by atoms with Gasteiger partial charge in [0.1, 0.15) is 0 Å². The molecule has 1 aromatic carbocycles. The van der Waals surface area contributed by atoms with Crippen molar-refractivity contribution in [3.63, 3.8) is 0 Å². The molecular formula is C27H48Si2Ti. The minimum absolute atomic E-state index is 0. The van der Waals surface area contributed by atoms with Gasteiger partial charge in [0.05, 0.1) is 16.1 Å². The Balaban J connectivity index is -0.00000182. The van der Waals surface area contributed by atoms with Crippen LogP contribution in [-0.4, -0.2) is 16.1 Å². The molecule has 2 atom stereocenters. The van der Waals surface area contributed by atoms with Crippen molar-refractivity contribution in [3.05, 3.63) is 68.8 Å². The van der Waals surface area contributed by atoms with Gasteiger partial charge in [-0.05, 0) is 12.8 Å². The van der Waals surface area contributed by atoms with Crippen LogP contribution in [0.15, 0.2) is 34.9 Å². The Kier molecular flexibility index (Phi) is 13.4. The summed E-state index contributed by atoms with van der Waals surface area (Å²) in [6.45, 7) is 26.5. The first kappa shape index (κ1) is 34.5. The summed E-state index contributed by atoms with van der Waals surface area (Å²) in [5, 5.41) is 3.34. The molecule has 0 heterocycles. The standard InChI is InChI=1S/C24H39Si2.3CH3.Ti/c1-17(2)16-26(11,24(7)15-19(4)20(5)21(24)6)23-13-18(3)12-22(14-23)25(8,9)10;;;;/h12-14,17H,16H2,1-11H3;3*1H3;/q4*-1;+4. The van der Waals surface area contributed by atoms with E-state index in [1.165, 1.54) is 22.8 Å². The summed E-state index contributed by atoms with van der Waals surface area (Å²) in [7, 11) is -3.17. The predicted molar refractivity (Wildman–Crippen MR) is 143 cm³/mol. The van der Waals surface area contributed by atoms with Crippen molar-refractivity contribution in [1.82, 2.24) is 0 Å². The zero-order valence-electron chi connectivity index (χ0n) is 22.5. The van der Waals surface area contributed by atoms with Gasteiger partial charge in [-0.3, -0.25) is 6.08 Å². The van der Waals surface area contributed by atoms with Crippen molar-refractivity contribution < 1.29 is 21.7 Å². The molecule has 1 aliphatic rings. The summed E-state index contributed by atoms with van der Waals surface area (Å²) in [5.74, 6) is 0.704. The van der Waals surface area contributed by atoms with Crippen LogP contribution in [0.3, 0.4) is 0 Å². The molecular weight excluding hydrogens is 428 g/mol. The number of allylic oxidation sites excluding steroid dienone is 4. The molecule has 1 aromatic rings. The van der Waals surface area contributed by atoms with Crippen LogP contribution in [-0.2, 0) is 21.7 Å². The molecule has 0 saturated carbocycles. The molecule has 2 unspecified atom stereocenters. The van der Waals surface area contributed by atoms with Crippen molar-refractivity contribution in [1.29, 1.82) is 0 Å². The molecule has 0 saturated heterocycles. The fraction of sp³-hybridized carbons (Fsp3) is 0.519. The molecule has 0 aliphatic heterocycles. The predicted octanol–water partition coefficient (Wildman–Crippen LogP) is 7.69. The van der Waals surface area contributed by atoms with Crippen molar-refractivity contribution in [2.45, 2.75) is 85.7 Å². The van der Waals surface area contributed by atoms with Crippen molar-refractivity contribution >= 4 is 26.5 Å². The van der Waals surface area contributed by atoms with Crippen LogP contribution in [0.25, 0.3) is 0 Å². The first-order chi connectivity index (χ1) is 11.7. The second kappa shape index (κ2) is 11.6. The van der Waals surface area contributed by atoms with E-state index in [4.69, 9.17) is 0 Å². The van der Waals surface area contributed by atoms with Gasteiger partial charge in [-0.25, -0.2) is 5.57 Å². The van der Waals surface area contributed by atoms with Gasteiger partial charge in [0.15, 0.2) is 0 Å². The first-order valence-corrected chi connectivity index (χ1v) is 16.4. The molecule has 3 heteroatoms. The quantitative estimate of drug-likeness (QED) is 0.302. The molecule has 0 spiro atoms. The summed E-state index contributed by atoms with van der Waals surface area (Å²) >= 11 is 0. The molecule has 1 aliphatic carbocycles. The van der Waals surface area contributed by atoms with Crippen LogP contribution < -0.4 is 10.4 Å². The number of aryl methyl sites for hydroxylation is 1. The fourth-order valence-corrected chi connectivity index (χ4v) is 11.5. The minimum atomic E-state index is -1.84. The maximum Gasteiger partial charge on any atom is 4.00 e. The Hall–Kier alpha value is -0.152. The third kappa shape index (κ3) is 6.21. The number of benzene rings is 1. The number of hydrogen-bond donors (Lipinski definition) is 0. The number of hydrogen-bond acceptors (Lipinski definition) is 0. The van der Waals surface area contributed by atoms with E-state index in [9.17, 15) is 0 Å². The van der Waals surface area contributed by atoms with Gasteiger partial charge >= 0.3 is 21.7 Å². The Morgan fingerprint density at radius 1 is 0.867 bits per heavy atom. The Labute approximate surface area is 207 Å². The minimum Gasteiger partial charge on any atom is -0.358 e. The van der Waals surface area contributed by atoms with Crippen molar-refractivity contribution in [2.75, 3.05) is 0 Å². The summed E-state index contributed by atoms with van der Waals surface area (Å²) < 4.78 is 0. The zero-order valence-corrected chi connectivity index (χ0v) is 26.1. The Bertz CT molecular complexity index is 768. The maximum absolute atomic E-state index is 3.97.